The summed E-state index contributed by atoms with van der Waals surface area (Å²) in [4.78, 5) is 5.10. The largest absolute Gasteiger partial charge is 0.356 e. The molecule has 0 aliphatic heterocycles. The number of nitrogens with zero attached hydrogens (tertiary/aromatic N) is 2. The van der Waals surface area contributed by atoms with Crippen molar-refractivity contribution in [3.63, 3.8) is 0 Å². The lowest BCUT2D eigenvalue weighted by molar-refractivity contribution is 0.426. The third-order valence-electron chi connectivity index (χ3n) is 2.72. The van der Waals surface area contributed by atoms with Crippen LogP contribution < -0.4 is 0 Å². The molecule has 0 aliphatic carbocycles. The maximum Gasteiger partial charge on any atom is 0.167 e. The highest BCUT2D eigenvalue weighted by Crippen LogP contribution is 2.25. The van der Waals surface area contributed by atoms with Crippen LogP contribution in [0.3, 0.4) is 0 Å². The van der Waals surface area contributed by atoms with Crippen molar-refractivity contribution >= 4 is 11.8 Å². The van der Waals surface area contributed by atoms with Crippen molar-refractivity contribution in [2.24, 2.45) is 0 Å². The topological polar surface area (TPSA) is 38.9 Å². The molecule has 0 unspecified atom stereocenters. The molecular weight excluding hydrogens is 275 g/mol. The first-order chi connectivity index (χ1) is 9.81. The summed E-state index contributed by atoms with van der Waals surface area (Å²) in [5.74, 6) is 1.10. The van der Waals surface area contributed by atoms with Crippen molar-refractivity contribution < 1.29 is 8.91 Å². The molecular formula is C15H11FN2OS. The number of pyridine rings is 1. The fraction of sp³-hybridized carbons (Fsp3) is 0.0667. The number of rotatable bonds is 4. The van der Waals surface area contributed by atoms with Crippen LogP contribution in [-0.2, 0) is 5.75 Å². The van der Waals surface area contributed by atoms with Crippen molar-refractivity contribution in [3.8, 4) is 11.3 Å². The highest BCUT2D eigenvalue weighted by molar-refractivity contribution is 7.98. The maximum absolute atomic E-state index is 12.9. The van der Waals surface area contributed by atoms with Crippen LogP contribution in [0.5, 0.6) is 0 Å². The molecule has 0 N–H and O–H groups in total. The third-order valence-corrected chi connectivity index (χ3v) is 3.77. The van der Waals surface area contributed by atoms with E-state index in [0.29, 0.717) is 11.5 Å². The minimum absolute atomic E-state index is 0.262. The van der Waals surface area contributed by atoms with Gasteiger partial charge in [0, 0.05) is 34.7 Å². The fourth-order valence-corrected chi connectivity index (χ4v) is 2.49. The van der Waals surface area contributed by atoms with Gasteiger partial charge in [0.1, 0.15) is 5.82 Å². The summed E-state index contributed by atoms with van der Waals surface area (Å²) in [6, 6.07) is 11.9. The van der Waals surface area contributed by atoms with E-state index in [-0.39, 0.29) is 5.82 Å². The Morgan fingerprint density at radius 3 is 2.55 bits per heavy atom. The van der Waals surface area contributed by atoms with E-state index in [4.69, 9.17) is 4.52 Å². The van der Waals surface area contributed by atoms with E-state index in [1.807, 2.05) is 18.2 Å². The zero-order valence-electron chi connectivity index (χ0n) is 10.5. The first-order valence-corrected chi connectivity index (χ1v) is 7.04. The monoisotopic (exact) mass is 286 g/mol. The molecule has 100 valence electrons. The van der Waals surface area contributed by atoms with E-state index in [2.05, 4.69) is 10.1 Å². The predicted molar refractivity (Wildman–Crippen MR) is 75.7 cm³/mol. The zero-order valence-corrected chi connectivity index (χ0v) is 11.3. The summed E-state index contributed by atoms with van der Waals surface area (Å²) in [6.07, 6.45) is 3.52. The molecule has 0 spiro atoms. The Balaban J connectivity index is 1.69. The smallest absolute Gasteiger partial charge is 0.167 e. The Hall–Kier alpha value is -2.14. The van der Waals surface area contributed by atoms with Gasteiger partial charge in [-0.05, 0) is 36.4 Å². The minimum atomic E-state index is -0.262. The van der Waals surface area contributed by atoms with Gasteiger partial charge in [-0.15, -0.1) is 11.8 Å². The molecule has 0 radical (unpaired) electrons. The van der Waals surface area contributed by atoms with E-state index in [1.54, 1.807) is 36.3 Å². The quantitative estimate of drug-likeness (QED) is 0.675. The predicted octanol–water partition coefficient (Wildman–Crippen LogP) is 4.17. The number of aromatic nitrogens is 2. The van der Waals surface area contributed by atoms with Crippen molar-refractivity contribution in [1.29, 1.82) is 0 Å². The second kappa shape index (κ2) is 5.88. The van der Waals surface area contributed by atoms with Crippen molar-refractivity contribution in [3.05, 3.63) is 66.4 Å². The fourth-order valence-electron chi connectivity index (χ4n) is 1.72. The third kappa shape index (κ3) is 3.05. The van der Waals surface area contributed by atoms with E-state index in [9.17, 15) is 4.39 Å². The molecule has 5 heteroatoms. The zero-order chi connectivity index (χ0) is 13.8. The van der Waals surface area contributed by atoms with Gasteiger partial charge < -0.3 is 4.52 Å². The van der Waals surface area contributed by atoms with E-state index in [0.717, 1.165) is 16.2 Å². The number of benzene rings is 1. The van der Waals surface area contributed by atoms with Crippen LogP contribution in [0.25, 0.3) is 11.3 Å². The van der Waals surface area contributed by atoms with Gasteiger partial charge in [-0.2, -0.15) is 0 Å². The molecule has 0 atom stereocenters. The summed E-state index contributed by atoms with van der Waals surface area (Å²) >= 11 is 1.66. The molecule has 0 fully saturated rings. The van der Waals surface area contributed by atoms with Gasteiger partial charge in [0.15, 0.2) is 5.76 Å². The number of halogens is 1. The van der Waals surface area contributed by atoms with Crippen LogP contribution in [0.15, 0.2) is 64.3 Å². The van der Waals surface area contributed by atoms with Gasteiger partial charge in [0.05, 0.1) is 5.69 Å². The lowest BCUT2D eigenvalue weighted by Gasteiger charge is -1.96. The molecule has 1 aromatic carbocycles. The summed E-state index contributed by atoms with van der Waals surface area (Å²) in [5.41, 5.74) is 1.67. The summed E-state index contributed by atoms with van der Waals surface area (Å²) < 4.78 is 18.1. The van der Waals surface area contributed by atoms with Crippen LogP contribution in [-0.4, -0.2) is 10.1 Å². The van der Waals surface area contributed by atoms with Crippen LogP contribution in [0.1, 0.15) is 5.69 Å². The van der Waals surface area contributed by atoms with Gasteiger partial charge in [-0.1, -0.05) is 5.16 Å². The van der Waals surface area contributed by atoms with Crippen LogP contribution >= 0.6 is 11.8 Å². The lowest BCUT2D eigenvalue weighted by atomic mass is 10.1. The van der Waals surface area contributed by atoms with Crippen LogP contribution in [0, 0.1) is 5.82 Å². The molecule has 2 heterocycles. The summed E-state index contributed by atoms with van der Waals surface area (Å²) in [6.45, 7) is 0. The van der Waals surface area contributed by atoms with Gasteiger partial charge in [-0.25, -0.2) is 4.39 Å². The minimum Gasteiger partial charge on any atom is -0.356 e. The Morgan fingerprint density at radius 2 is 1.80 bits per heavy atom. The second-order valence-corrected chi connectivity index (χ2v) is 5.21. The Labute approximate surface area is 119 Å². The second-order valence-electron chi connectivity index (χ2n) is 4.16. The van der Waals surface area contributed by atoms with E-state index >= 15 is 0 Å². The number of hydrogen-bond donors (Lipinski definition) is 0. The first-order valence-electron chi connectivity index (χ1n) is 6.05. The highest BCUT2D eigenvalue weighted by Gasteiger charge is 2.07. The average Bonchev–Trinajstić information content (AvgIpc) is 2.96. The SMILES string of the molecule is Fc1ccc(-c2cc(CSc3ccncc3)no2)cc1. The lowest BCUT2D eigenvalue weighted by Crippen LogP contribution is -1.79. The van der Waals surface area contributed by atoms with Crippen molar-refractivity contribution in [2.45, 2.75) is 10.6 Å². The van der Waals surface area contributed by atoms with Crippen molar-refractivity contribution in [1.82, 2.24) is 10.1 Å². The molecule has 3 nitrogen and oxygen atoms in total. The highest BCUT2D eigenvalue weighted by atomic mass is 32.2. The first kappa shape index (κ1) is 12.9. The Kier molecular flexibility index (Phi) is 3.78. The molecule has 0 saturated heterocycles. The van der Waals surface area contributed by atoms with Crippen LogP contribution in [0.2, 0.25) is 0 Å². The van der Waals surface area contributed by atoms with Gasteiger partial charge in [0.2, 0.25) is 0 Å². The molecule has 2 aromatic heterocycles. The summed E-state index contributed by atoms with van der Waals surface area (Å²) in [5, 5.41) is 4.02. The average molecular weight is 286 g/mol. The molecule has 20 heavy (non-hydrogen) atoms. The number of hydrogen-bond acceptors (Lipinski definition) is 4. The summed E-state index contributed by atoms with van der Waals surface area (Å²) in [7, 11) is 0. The van der Waals surface area contributed by atoms with E-state index in [1.165, 1.54) is 12.1 Å². The van der Waals surface area contributed by atoms with Crippen LogP contribution in [0.4, 0.5) is 4.39 Å². The number of thioether (sulfide) groups is 1. The molecule has 0 amide bonds. The normalized spacial score (nSPS) is 10.7. The molecule has 0 aliphatic rings. The molecule has 0 bridgehead atoms. The van der Waals surface area contributed by atoms with E-state index < -0.39 is 0 Å². The standard InChI is InChI=1S/C15H11FN2OS/c16-12-3-1-11(2-4-12)15-9-13(18-19-15)10-20-14-5-7-17-8-6-14/h1-9H,10H2. The molecule has 3 rings (SSSR count). The molecule has 3 aromatic rings. The Morgan fingerprint density at radius 1 is 1.05 bits per heavy atom. The van der Waals surface area contributed by atoms with Gasteiger partial charge in [-0.3, -0.25) is 4.98 Å². The van der Waals surface area contributed by atoms with Gasteiger partial charge >= 0.3 is 0 Å². The molecule has 0 saturated carbocycles. The Bertz CT molecular complexity index is 683. The van der Waals surface area contributed by atoms with Gasteiger partial charge in [0.25, 0.3) is 0 Å². The van der Waals surface area contributed by atoms with Crippen molar-refractivity contribution in [2.75, 3.05) is 0 Å². The maximum atomic E-state index is 12.9.